The van der Waals surface area contributed by atoms with Crippen LogP contribution in [-0.4, -0.2) is 44.9 Å². The summed E-state index contributed by atoms with van der Waals surface area (Å²) >= 11 is 0. The number of nitrogens with zero attached hydrogens (tertiary/aromatic N) is 3. The number of fused-ring (bicyclic) bond motifs is 1. The molecule has 0 radical (unpaired) electrons. The van der Waals surface area contributed by atoms with E-state index in [0.717, 1.165) is 25.0 Å². The number of carboxylic acid groups (broad SMARTS) is 1. The van der Waals surface area contributed by atoms with Crippen molar-refractivity contribution < 1.29 is 14.7 Å². The summed E-state index contributed by atoms with van der Waals surface area (Å²) in [4.78, 5) is 25.5. The molecule has 2 fully saturated rings. The molecule has 1 aliphatic heterocycles. The first-order valence-electron chi connectivity index (χ1n) is 9.98. The van der Waals surface area contributed by atoms with Crippen LogP contribution >= 0.6 is 0 Å². The maximum atomic E-state index is 12.6. The Hall–Kier alpha value is -2.05. The van der Waals surface area contributed by atoms with Crippen LogP contribution in [0.3, 0.4) is 0 Å². The van der Waals surface area contributed by atoms with Crippen molar-refractivity contribution in [1.29, 1.82) is 0 Å². The molecule has 1 unspecified atom stereocenters. The number of rotatable bonds is 3. The molecule has 4 rings (SSSR count). The predicted octanol–water partition coefficient (Wildman–Crippen LogP) is 2.88. The summed E-state index contributed by atoms with van der Waals surface area (Å²) in [5, 5.41) is 17.1. The van der Waals surface area contributed by atoms with Crippen LogP contribution in [-0.2, 0) is 11.2 Å². The molecule has 0 spiro atoms. The van der Waals surface area contributed by atoms with Gasteiger partial charge >= 0.3 is 12.0 Å². The van der Waals surface area contributed by atoms with E-state index in [0.29, 0.717) is 32.0 Å². The van der Waals surface area contributed by atoms with Crippen molar-refractivity contribution in [3.8, 4) is 0 Å². The second kappa shape index (κ2) is 7.29. The predicted molar refractivity (Wildman–Crippen MR) is 95.9 cm³/mol. The Morgan fingerprint density at radius 3 is 2.50 bits per heavy atom. The average Bonchev–Trinajstić information content (AvgIpc) is 3.31. The fourth-order valence-corrected chi connectivity index (χ4v) is 4.63. The number of piperidine rings is 1. The molecule has 7 nitrogen and oxygen atoms in total. The number of carboxylic acids is 1. The highest BCUT2D eigenvalue weighted by Gasteiger charge is 2.31. The van der Waals surface area contributed by atoms with E-state index in [4.69, 9.17) is 10.2 Å². The summed E-state index contributed by atoms with van der Waals surface area (Å²) in [5.41, 5.74) is 2.31. The van der Waals surface area contributed by atoms with E-state index < -0.39 is 5.97 Å². The zero-order valence-electron chi connectivity index (χ0n) is 15.2. The highest BCUT2D eigenvalue weighted by Crippen LogP contribution is 2.34. The Balaban J connectivity index is 1.40. The third kappa shape index (κ3) is 3.44. The van der Waals surface area contributed by atoms with Crippen molar-refractivity contribution in [2.45, 2.75) is 69.9 Å². The monoisotopic (exact) mass is 360 g/mol. The second-order valence-electron chi connectivity index (χ2n) is 7.95. The van der Waals surface area contributed by atoms with Crippen LogP contribution in [0.5, 0.6) is 0 Å². The van der Waals surface area contributed by atoms with Crippen LogP contribution in [0.1, 0.15) is 74.7 Å². The second-order valence-corrected chi connectivity index (χ2v) is 7.95. The van der Waals surface area contributed by atoms with E-state index in [9.17, 15) is 9.59 Å². The summed E-state index contributed by atoms with van der Waals surface area (Å²) in [7, 11) is 0. The molecule has 2 N–H and O–H groups in total. The van der Waals surface area contributed by atoms with Gasteiger partial charge in [0.25, 0.3) is 0 Å². The fraction of sp³-hybridized carbons (Fsp3) is 0.737. The highest BCUT2D eigenvalue weighted by atomic mass is 16.4. The van der Waals surface area contributed by atoms with Gasteiger partial charge in [0.1, 0.15) is 0 Å². The molecule has 2 aliphatic carbocycles. The molecule has 0 bridgehead atoms. The van der Waals surface area contributed by atoms with Crippen molar-refractivity contribution >= 4 is 12.0 Å². The smallest absolute Gasteiger partial charge is 0.317 e. The minimum absolute atomic E-state index is 0.0221. The lowest BCUT2D eigenvalue weighted by atomic mass is 9.93. The number of aromatic nitrogens is 2. The minimum atomic E-state index is -0.751. The molecule has 1 aromatic rings. The van der Waals surface area contributed by atoms with E-state index in [1.165, 1.54) is 31.2 Å². The topological polar surface area (TPSA) is 87.5 Å². The quantitative estimate of drug-likeness (QED) is 0.868. The normalized spacial score (nSPS) is 24.5. The van der Waals surface area contributed by atoms with E-state index in [2.05, 4.69) is 16.2 Å². The van der Waals surface area contributed by atoms with Gasteiger partial charge in [-0.3, -0.25) is 9.48 Å². The van der Waals surface area contributed by atoms with Gasteiger partial charge in [-0.05, 0) is 50.5 Å². The van der Waals surface area contributed by atoms with E-state index in [1.807, 2.05) is 0 Å². The van der Waals surface area contributed by atoms with Crippen LogP contribution in [0.25, 0.3) is 0 Å². The molecule has 1 atom stereocenters. The standard InChI is InChI=1S/C19H28N4O3/c24-18(25)13-8-10-22(11-9-13)19(26)20-16-7-3-4-14-12-23(21-17(14)16)15-5-1-2-6-15/h12-13,15-16H,1-11H2,(H,20,26)(H,24,25). The molecule has 3 aliphatic rings. The number of likely N-dealkylation sites (tertiary alicyclic amines) is 1. The number of carbonyl (C=O) groups excluding carboxylic acids is 1. The molecule has 2 amide bonds. The third-order valence-corrected chi connectivity index (χ3v) is 6.24. The van der Waals surface area contributed by atoms with Gasteiger partial charge in [-0.1, -0.05) is 12.8 Å². The molecular weight excluding hydrogens is 332 g/mol. The lowest BCUT2D eigenvalue weighted by molar-refractivity contribution is -0.143. The number of aryl methyl sites for hydroxylation is 1. The Kier molecular flexibility index (Phi) is 4.87. The van der Waals surface area contributed by atoms with Crippen LogP contribution in [0.4, 0.5) is 4.79 Å². The number of urea groups is 1. The van der Waals surface area contributed by atoms with E-state index >= 15 is 0 Å². The first-order valence-corrected chi connectivity index (χ1v) is 9.98. The van der Waals surface area contributed by atoms with Crippen molar-refractivity contribution in [3.63, 3.8) is 0 Å². The summed E-state index contributed by atoms with van der Waals surface area (Å²) in [6, 6.07) is 0.417. The molecule has 26 heavy (non-hydrogen) atoms. The molecular formula is C19H28N4O3. The van der Waals surface area contributed by atoms with Crippen LogP contribution in [0, 0.1) is 5.92 Å². The van der Waals surface area contributed by atoms with Crippen molar-refractivity contribution in [2.24, 2.45) is 5.92 Å². The largest absolute Gasteiger partial charge is 0.481 e. The van der Waals surface area contributed by atoms with Crippen LogP contribution in [0.15, 0.2) is 6.20 Å². The van der Waals surface area contributed by atoms with Gasteiger partial charge in [0, 0.05) is 19.3 Å². The zero-order valence-corrected chi connectivity index (χ0v) is 15.2. The summed E-state index contributed by atoms with van der Waals surface area (Å²) < 4.78 is 2.14. The number of carbonyl (C=O) groups is 2. The van der Waals surface area contributed by atoms with Crippen molar-refractivity contribution in [1.82, 2.24) is 20.0 Å². The Labute approximate surface area is 153 Å². The Morgan fingerprint density at radius 1 is 1.08 bits per heavy atom. The number of hydrogen-bond donors (Lipinski definition) is 2. The van der Waals surface area contributed by atoms with Gasteiger partial charge in [-0.2, -0.15) is 5.10 Å². The molecule has 1 saturated carbocycles. The Morgan fingerprint density at radius 2 is 1.81 bits per heavy atom. The lowest BCUT2D eigenvalue weighted by Crippen LogP contribution is -2.46. The zero-order chi connectivity index (χ0) is 18.1. The molecule has 7 heteroatoms. The van der Waals surface area contributed by atoms with Gasteiger partial charge in [0.05, 0.1) is 23.7 Å². The SMILES string of the molecule is O=C(O)C1CCN(C(=O)NC2CCCc3cn(C4CCCC4)nc32)CC1. The summed E-state index contributed by atoms with van der Waals surface area (Å²) in [6.45, 7) is 1.03. The summed E-state index contributed by atoms with van der Waals surface area (Å²) in [5.74, 6) is -1.07. The maximum absolute atomic E-state index is 12.6. The lowest BCUT2D eigenvalue weighted by Gasteiger charge is -2.32. The fourth-order valence-electron chi connectivity index (χ4n) is 4.63. The number of aliphatic carboxylic acids is 1. The van der Waals surface area contributed by atoms with Gasteiger partial charge < -0.3 is 15.3 Å². The number of amides is 2. The Bertz CT molecular complexity index is 672. The van der Waals surface area contributed by atoms with Crippen molar-refractivity contribution in [2.75, 3.05) is 13.1 Å². The minimum Gasteiger partial charge on any atom is -0.481 e. The molecule has 1 saturated heterocycles. The summed E-state index contributed by atoms with van der Waals surface area (Å²) in [6.07, 6.45) is 11.3. The molecule has 0 aromatic carbocycles. The van der Waals surface area contributed by atoms with Gasteiger partial charge in [0.2, 0.25) is 0 Å². The van der Waals surface area contributed by atoms with Crippen molar-refractivity contribution in [3.05, 3.63) is 17.5 Å². The number of nitrogens with one attached hydrogen (secondary N) is 1. The van der Waals surface area contributed by atoms with E-state index in [1.54, 1.807) is 4.90 Å². The highest BCUT2D eigenvalue weighted by molar-refractivity contribution is 5.76. The molecule has 1 aromatic heterocycles. The van der Waals surface area contributed by atoms with Crippen LogP contribution in [0.2, 0.25) is 0 Å². The first-order chi connectivity index (χ1) is 12.6. The van der Waals surface area contributed by atoms with E-state index in [-0.39, 0.29) is 18.0 Å². The maximum Gasteiger partial charge on any atom is 0.317 e. The molecule has 2 heterocycles. The average molecular weight is 360 g/mol. The molecule has 142 valence electrons. The van der Waals surface area contributed by atoms with Gasteiger partial charge in [-0.15, -0.1) is 0 Å². The van der Waals surface area contributed by atoms with Gasteiger partial charge in [-0.25, -0.2) is 4.79 Å². The van der Waals surface area contributed by atoms with Crippen LogP contribution < -0.4 is 5.32 Å². The van der Waals surface area contributed by atoms with Gasteiger partial charge in [0.15, 0.2) is 0 Å². The number of hydrogen-bond acceptors (Lipinski definition) is 3. The first kappa shape index (κ1) is 17.4. The third-order valence-electron chi connectivity index (χ3n) is 6.24.